The Morgan fingerprint density at radius 2 is 1.88 bits per heavy atom. The Labute approximate surface area is 97.2 Å². The second-order valence-corrected chi connectivity index (χ2v) is 3.45. The van der Waals surface area contributed by atoms with Crippen LogP contribution in [-0.4, -0.2) is 4.98 Å². The van der Waals surface area contributed by atoms with Crippen molar-refractivity contribution in [3.8, 4) is 0 Å². The molecule has 8 heteroatoms. The van der Waals surface area contributed by atoms with Gasteiger partial charge in [0.05, 0.1) is 10.9 Å². The lowest BCUT2D eigenvalue weighted by molar-refractivity contribution is -0.141. The molecule has 0 bridgehead atoms. The van der Waals surface area contributed by atoms with Crippen LogP contribution < -0.4 is 0 Å². The Hall–Kier alpha value is -0.620. The minimum Gasteiger partial charge on any atom is -0.250 e. The number of halogens is 7. The Kier molecular flexibility index (Phi) is 3.96. The van der Waals surface area contributed by atoms with Gasteiger partial charge in [-0.15, -0.1) is 11.6 Å². The third-order valence-electron chi connectivity index (χ3n) is 1.80. The fourth-order valence-electron chi connectivity index (χ4n) is 1.16. The topological polar surface area (TPSA) is 12.9 Å². The molecule has 90 valence electrons. The molecular weight excluding hydrogens is 276 g/mol. The summed E-state index contributed by atoms with van der Waals surface area (Å²) in [4.78, 5) is 2.99. The SMILES string of the molecule is FC(F)c1c(Cl)cnc(C(F)(F)F)c1CCl. The smallest absolute Gasteiger partial charge is 0.250 e. The average Bonchev–Trinajstić information content (AvgIpc) is 2.14. The fourth-order valence-corrected chi connectivity index (χ4v) is 1.67. The van der Waals surface area contributed by atoms with Crippen molar-refractivity contribution in [2.24, 2.45) is 0 Å². The van der Waals surface area contributed by atoms with Crippen LogP contribution in [0.15, 0.2) is 6.20 Å². The highest BCUT2D eigenvalue weighted by atomic mass is 35.5. The van der Waals surface area contributed by atoms with Crippen LogP contribution in [0.3, 0.4) is 0 Å². The zero-order valence-corrected chi connectivity index (χ0v) is 8.97. The van der Waals surface area contributed by atoms with Gasteiger partial charge >= 0.3 is 6.18 Å². The van der Waals surface area contributed by atoms with E-state index in [1.54, 1.807) is 0 Å². The van der Waals surface area contributed by atoms with Crippen molar-refractivity contribution in [1.29, 1.82) is 0 Å². The molecule has 0 spiro atoms. The second kappa shape index (κ2) is 4.71. The van der Waals surface area contributed by atoms with E-state index in [2.05, 4.69) is 4.98 Å². The van der Waals surface area contributed by atoms with Gasteiger partial charge in [-0.05, 0) is 0 Å². The van der Waals surface area contributed by atoms with E-state index in [-0.39, 0.29) is 0 Å². The molecule has 0 aromatic carbocycles. The van der Waals surface area contributed by atoms with Crippen molar-refractivity contribution >= 4 is 23.2 Å². The molecule has 1 nitrogen and oxygen atoms in total. The average molecular weight is 280 g/mol. The Morgan fingerprint density at radius 3 is 2.25 bits per heavy atom. The van der Waals surface area contributed by atoms with Crippen LogP contribution in [0.2, 0.25) is 5.02 Å². The maximum Gasteiger partial charge on any atom is 0.433 e. The Balaban J connectivity index is 3.49. The number of rotatable bonds is 2. The number of hydrogen-bond donors (Lipinski definition) is 0. The minimum absolute atomic E-state index is 0.529. The highest BCUT2D eigenvalue weighted by molar-refractivity contribution is 6.31. The van der Waals surface area contributed by atoms with E-state index in [9.17, 15) is 22.0 Å². The van der Waals surface area contributed by atoms with Crippen LogP contribution in [0.1, 0.15) is 23.2 Å². The predicted octanol–water partition coefficient (Wildman–Crippen LogP) is 4.43. The van der Waals surface area contributed by atoms with Gasteiger partial charge in [0.15, 0.2) is 0 Å². The zero-order valence-electron chi connectivity index (χ0n) is 7.45. The van der Waals surface area contributed by atoms with E-state index in [0.717, 1.165) is 0 Å². The first-order valence-electron chi connectivity index (χ1n) is 3.87. The molecule has 0 aliphatic carbocycles. The van der Waals surface area contributed by atoms with Crippen molar-refractivity contribution in [1.82, 2.24) is 4.98 Å². The van der Waals surface area contributed by atoms with Gasteiger partial charge in [0.1, 0.15) is 5.69 Å². The summed E-state index contributed by atoms with van der Waals surface area (Å²) in [5.74, 6) is -0.734. The van der Waals surface area contributed by atoms with Gasteiger partial charge in [-0.3, -0.25) is 0 Å². The largest absolute Gasteiger partial charge is 0.433 e. The third-order valence-corrected chi connectivity index (χ3v) is 2.36. The van der Waals surface area contributed by atoms with Gasteiger partial charge in [-0.1, -0.05) is 11.6 Å². The third kappa shape index (κ3) is 2.55. The molecule has 0 saturated carbocycles. The molecule has 1 aromatic rings. The molecule has 16 heavy (non-hydrogen) atoms. The fraction of sp³-hybridized carbons (Fsp3) is 0.375. The van der Waals surface area contributed by atoms with Crippen molar-refractivity contribution in [2.45, 2.75) is 18.5 Å². The van der Waals surface area contributed by atoms with Gasteiger partial charge in [-0.25, -0.2) is 13.8 Å². The lowest BCUT2D eigenvalue weighted by Crippen LogP contribution is -2.14. The van der Waals surface area contributed by atoms with Gasteiger partial charge < -0.3 is 0 Å². The molecule has 0 fully saturated rings. The maximum atomic E-state index is 12.5. The van der Waals surface area contributed by atoms with E-state index in [1.165, 1.54) is 0 Å². The van der Waals surface area contributed by atoms with Crippen LogP contribution in [-0.2, 0) is 12.1 Å². The molecule has 0 aliphatic heterocycles. The normalized spacial score (nSPS) is 12.2. The number of pyridine rings is 1. The van der Waals surface area contributed by atoms with Gasteiger partial charge in [0.25, 0.3) is 6.43 Å². The predicted molar refractivity (Wildman–Crippen MR) is 48.8 cm³/mol. The summed E-state index contributed by atoms with van der Waals surface area (Å²) in [5, 5.41) is -0.529. The van der Waals surface area contributed by atoms with E-state index in [1.807, 2.05) is 0 Å². The first-order valence-corrected chi connectivity index (χ1v) is 4.78. The lowest BCUT2D eigenvalue weighted by atomic mass is 10.1. The van der Waals surface area contributed by atoms with Crippen LogP contribution in [0.4, 0.5) is 22.0 Å². The first-order chi connectivity index (χ1) is 7.29. The zero-order chi connectivity index (χ0) is 12.5. The monoisotopic (exact) mass is 279 g/mol. The summed E-state index contributed by atoms with van der Waals surface area (Å²) < 4.78 is 62.2. The van der Waals surface area contributed by atoms with Gasteiger partial charge in [-0.2, -0.15) is 13.2 Å². The van der Waals surface area contributed by atoms with E-state index < -0.39 is 40.3 Å². The molecule has 0 N–H and O–H groups in total. The van der Waals surface area contributed by atoms with Crippen LogP contribution >= 0.6 is 23.2 Å². The van der Waals surface area contributed by atoms with Gasteiger partial charge in [0, 0.05) is 17.3 Å². The number of nitrogens with zero attached hydrogens (tertiary/aromatic N) is 1. The molecule has 1 heterocycles. The first kappa shape index (κ1) is 13.4. The Bertz CT molecular complexity index is 391. The molecule has 1 rings (SSSR count). The minimum atomic E-state index is -4.83. The van der Waals surface area contributed by atoms with E-state index in [0.29, 0.717) is 6.20 Å². The molecular formula is C8H4Cl2F5N. The summed E-state index contributed by atoms with van der Waals surface area (Å²) in [7, 11) is 0. The van der Waals surface area contributed by atoms with Crippen molar-refractivity contribution in [2.75, 3.05) is 0 Å². The Morgan fingerprint density at radius 1 is 1.31 bits per heavy atom. The number of aromatic nitrogens is 1. The summed E-state index contributed by atoms with van der Waals surface area (Å²) in [5.41, 5.74) is -3.13. The summed E-state index contributed by atoms with van der Waals surface area (Å²) in [6, 6.07) is 0. The van der Waals surface area contributed by atoms with Crippen LogP contribution in [0.25, 0.3) is 0 Å². The highest BCUT2D eigenvalue weighted by Crippen LogP contribution is 2.38. The summed E-state index contributed by atoms with van der Waals surface area (Å²) >= 11 is 10.6. The highest BCUT2D eigenvalue weighted by Gasteiger charge is 2.37. The van der Waals surface area contributed by atoms with Gasteiger partial charge in [0.2, 0.25) is 0 Å². The summed E-state index contributed by atoms with van der Waals surface area (Å²) in [6.45, 7) is 0. The number of alkyl halides is 6. The van der Waals surface area contributed by atoms with Crippen LogP contribution in [0, 0.1) is 0 Å². The quantitative estimate of drug-likeness (QED) is 0.576. The molecule has 0 aliphatic rings. The molecule has 1 aromatic heterocycles. The molecule has 0 amide bonds. The molecule has 0 radical (unpaired) electrons. The van der Waals surface area contributed by atoms with Crippen molar-refractivity contribution < 1.29 is 22.0 Å². The van der Waals surface area contributed by atoms with Crippen molar-refractivity contribution in [3.63, 3.8) is 0 Å². The maximum absolute atomic E-state index is 12.5. The number of hydrogen-bond acceptors (Lipinski definition) is 1. The van der Waals surface area contributed by atoms with Crippen molar-refractivity contribution in [3.05, 3.63) is 28.0 Å². The van der Waals surface area contributed by atoms with Crippen LogP contribution in [0.5, 0.6) is 0 Å². The van der Waals surface area contributed by atoms with E-state index >= 15 is 0 Å². The molecule has 0 atom stereocenters. The standard InChI is InChI=1S/C8H4Cl2F5N/c9-1-3-5(7(11)12)4(10)2-16-6(3)8(13,14)15/h2,7H,1H2. The summed E-state index contributed by atoms with van der Waals surface area (Å²) in [6.07, 6.45) is -7.43. The molecule has 0 saturated heterocycles. The van der Waals surface area contributed by atoms with E-state index in [4.69, 9.17) is 23.2 Å². The lowest BCUT2D eigenvalue weighted by Gasteiger charge is -2.14. The second-order valence-electron chi connectivity index (χ2n) is 2.78. The molecule has 0 unspecified atom stereocenters.